The van der Waals surface area contributed by atoms with Crippen molar-refractivity contribution < 1.29 is 19.1 Å². The Morgan fingerprint density at radius 3 is 2.48 bits per heavy atom. The molecule has 0 saturated carbocycles. The van der Waals surface area contributed by atoms with Gasteiger partial charge in [-0.2, -0.15) is 0 Å². The Kier molecular flexibility index (Phi) is 6.48. The zero-order valence-electron chi connectivity index (χ0n) is 17.2. The van der Waals surface area contributed by atoms with Gasteiger partial charge in [-0.1, -0.05) is 54.6 Å². The van der Waals surface area contributed by atoms with Gasteiger partial charge in [-0.3, -0.25) is 4.90 Å². The lowest BCUT2D eigenvalue weighted by Gasteiger charge is -2.34. The number of thiophene rings is 1. The molecule has 31 heavy (non-hydrogen) atoms. The second-order valence-electron chi connectivity index (χ2n) is 7.21. The van der Waals surface area contributed by atoms with Crippen LogP contribution in [0.25, 0.3) is 5.57 Å². The van der Waals surface area contributed by atoms with Crippen LogP contribution in [0.15, 0.2) is 78.2 Å². The molecule has 2 heterocycles. The topological polar surface area (TPSA) is 55.8 Å². The molecule has 1 aromatic heterocycles. The number of ether oxygens (including phenoxy) is 2. The van der Waals surface area contributed by atoms with Crippen molar-refractivity contribution >= 4 is 29.0 Å². The second kappa shape index (κ2) is 9.62. The largest absolute Gasteiger partial charge is 0.465 e. The fraction of sp³-hybridized carbons (Fsp3) is 0.200. The van der Waals surface area contributed by atoms with Gasteiger partial charge in [-0.05, 0) is 46.7 Å². The maximum absolute atomic E-state index is 13.0. The first-order chi connectivity index (χ1) is 15.2. The van der Waals surface area contributed by atoms with Crippen LogP contribution in [-0.4, -0.2) is 30.6 Å². The third kappa shape index (κ3) is 4.86. The van der Waals surface area contributed by atoms with E-state index < -0.39 is 0 Å². The first-order valence-corrected chi connectivity index (χ1v) is 10.9. The number of hydrogen-bond donors (Lipinski definition) is 0. The maximum Gasteiger partial charge on any atom is 0.410 e. The molecule has 0 fully saturated rings. The molecule has 1 amide bonds. The molecule has 0 N–H and O–H groups in total. The highest BCUT2D eigenvalue weighted by molar-refractivity contribution is 7.11. The van der Waals surface area contributed by atoms with E-state index in [1.165, 1.54) is 17.6 Å². The molecular formula is C25H23NO4S. The maximum atomic E-state index is 13.0. The highest BCUT2D eigenvalue weighted by atomic mass is 32.1. The molecule has 1 aliphatic heterocycles. The Balaban J connectivity index is 1.59. The number of nitrogens with zero attached hydrogens (tertiary/aromatic N) is 1. The van der Waals surface area contributed by atoms with Gasteiger partial charge < -0.3 is 9.47 Å². The summed E-state index contributed by atoms with van der Waals surface area (Å²) in [7, 11) is 1.36. The summed E-state index contributed by atoms with van der Waals surface area (Å²) in [5, 5.41) is 2.05. The van der Waals surface area contributed by atoms with Crippen LogP contribution in [-0.2, 0) is 16.1 Å². The Morgan fingerprint density at radius 1 is 1.03 bits per heavy atom. The minimum atomic E-state index is -0.385. The van der Waals surface area contributed by atoms with Crippen LogP contribution in [0, 0.1) is 0 Å². The van der Waals surface area contributed by atoms with E-state index in [0.717, 1.165) is 17.5 Å². The van der Waals surface area contributed by atoms with Crippen LogP contribution in [0.5, 0.6) is 0 Å². The summed E-state index contributed by atoms with van der Waals surface area (Å²) in [6, 6.07) is 20.7. The lowest BCUT2D eigenvalue weighted by Crippen LogP contribution is -2.37. The van der Waals surface area contributed by atoms with Crippen molar-refractivity contribution in [2.45, 2.75) is 19.1 Å². The Bertz CT molecular complexity index is 1060. The number of esters is 1. The van der Waals surface area contributed by atoms with Crippen molar-refractivity contribution in [2.24, 2.45) is 0 Å². The van der Waals surface area contributed by atoms with Crippen molar-refractivity contribution in [3.63, 3.8) is 0 Å². The Hall–Kier alpha value is -3.38. The van der Waals surface area contributed by atoms with E-state index in [2.05, 4.69) is 17.5 Å². The summed E-state index contributed by atoms with van der Waals surface area (Å²) in [5.74, 6) is -0.385. The van der Waals surface area contributed by atoms with Gasteiger partial charge in [0.05, 0.1) is 18.7 Å². The van der Waals surface area contributed by atoms with E-state index in [1.807, 2.05) is 48.5 Å². The van der Waals surface area contributed by atoms with Gasteiger partial charge >= 0.3 is 12.1 Å². The molecular weight excluding hydrogens is 410 g/mol. The molecule has 3 aromatic rings. The molecule has 0 spiro atoms. The number of hydrogen-bond acceptors (Lipinski definition) is 5. The number of amides is 1. The lowest BCUT2D eigenvalue weighted by molar-refractivity contribution is 0.0600. The smallest absolute Gasteiger partial charge is 0.410 e. The average molecular weight is 434 g/mol. The number of carbonyl (C=O) groups is 2. The zero-order chi connectivity index (χ0) is 21.6. The molecule has 158 valence electrons. The van der Waals surface area contributed by atoms with Crippen LogP contribution >= 0.6 is 11.3 Å². The van der Waals surface area contributed by atoms with Gasteiger partial charge in [0, 0.05) is 11.4 Å². The number of rotatable bonds is 5. The quantitative estimate of drug-likeness (QED) is 0.484. The van der Waals surface area contributed by atoms with Gasteiger partial charge in [0.25, 0.3) is 0 Å². The molecule has 5 nitrogen and oxygen atoms in total. The molecule has 1 atom stereocenters. The third-order valence-electron chi connectivity index (χ3n) is 5.27. The molecule has 6 heteroatoms. The highest BCUT2D eigenvalue weighted by Gasteiger charge is 2.29. The van der Waals surface area contributed by atoms with Crippen LogP contribution < -0.4 is 0 Å². The molecule has 2 aromatic carbocycles. The molecule has 0 aliphatic carbocycles. The van der Waals surface area contributed by atoms with Crippen molar-refractivity contribution in [3.05, 3.63) is 99.8 Å². The number of carbonyl (C=O) groups excluding carboxylic acids is 2. The van der Waals surface area contributed by atoms with E-state index in [4.69, 9.17) is 9.47 Å². The predicted octanol–water partition coefficient (Wildman–Crippen LogP) is 5.70. The molecule has 0 unspecified atom stereocenters. The van der Waals surface area contributed by atoms with Crippen LogP contribution in [0.4, 0.5) is 4.79 Å². The highest BCUT2D eigenvalue weighted by Crippen LogP contribution is 2.35. The van der Waals surface area contributed by atoms with Gasteiger partial charge in [0.1, 0.15) is 6.61 Å². The molecule has 0 bridgehead atoms. The first kappa shape index (κ1) is 20.9. The Labute approximate surface area is 185 Å². The van der Waals surface area contributed by atoms with Crippen molar-refractivity contribution in [1.82, 2.24) is 4.90 Å². The third-order valence-corrected chi connectivity index (χ3v) is 6.21. The fourth-order valence-corrected chi connectivity index (χ4v) is 4.41. The van der Waals surface area contributed by atoms with E-state index in [9.17, 15) is 9.59 Å². The van der Waals surface area contributed by atoms with Gasteiger partial charge in [0.15, 0.2) is 0 Å². The first-order valence-electron chi connectivity index (χ1n) is 10.1. The van der Waals surface area contributed by atoms with Crippen LogP contribution in [0.1, 0.15) is 38.8 Å². The standard InChI is InChI=1S/C25H23NO4S/c1-29-24(27)20-11-9-19(10-12-20)22-16-21(23-8-5-15-31-23)13-14-26(22)25(28)30-17-18-6-3-2-4-7-18/h2-12,15-16,22H,13-14,17H2,1H3/t22-/m0/s1. The lowest BCUT2D eigenvalue weighted by atomic mass is 9.95. The SMILES string of the molecule is COC(=O)c1ccc([C@@H]2C=C(c3cccs3)CCN2C(=O)OCc2ccccc2)cc1. The molecule has 4 rings (SSSR count). The van der Waals surface area contributed by atoms with E-state index >= 15 is 0 Å². The van der Waals surface area contributed by atoms with E-state index in [-0.39, 0.29) is 24.7 Å². The fourth-order valence-electron chi connectivity index (χ4n) is 3.63. The van der Waals surface area contributed by atoms with E-state index in [0.29, 0.717) is 12.1 Å². The second-order valence-corrected chi connectivity index (χ2v) is 8.16. The molecule has 0 radical (unpaired) electrons. The summed E-state index contributed by atoms with van der Waals surface area (Å²) in [6.45, 7) is 0.784. The average Bonchev–Trinajstić information content (AvgIpc) is 3.37. The van der Waals surface area contributed by atoms with Gasteiger partial charge in [0.2, 0.25) is 0 Å². The Morgan fingerprint density at radius 2 is 1.81 bits per heavy atom. The van der Waals surface area contributed by atoms with Gasteiger partial charge in [-0.25, -0.2) is 9.59 Å². The van der Waals surface area contributed by atoms with Crippen molar-refractivity contribution in [2.75, 3.05) is 13.7 Å². The molecule has 0 saturated heterocycles. The minimum Gasteiger partial charge on any atom is -0.465 e. The van der Waals surface area contributed by atoms with Crippen LogP contribution in [0.3, 0.4) is 0 Å². The van der Waals surface area contributed by atoms with Crippen molar-refractivity contribution in [3.8, 4) is 0 Å². The normalized spacial score (nSPS) is 15.8. The molecule has 1 aliphatic rings. The predicted molar refractivity (Wildman–Crippen MR) is 121 cm³/mol. The van der Waals surface area contributed by atoms with E-state index in [1.54, 1.807) is 28.4 Å². The summed E-state index contributed by atoms with van der Waals surface area (Å²) in [5.41, 5.74) is 3.55. The van der Waals surface area contributed by atoms with Gasteiger partial charge in [-0.15, -0.1) is 11.3 Å². The summed E-state index contributed by atoms with van der Waals surface area (Å²) in [4.78, 5) is 27.7. The minimum absolute atomic E-state index is 0.228. The summed E-state index contributed by atoms with van der Waals surface area (Å²) in [6.07, 6.45) is 2.52. The summed E-state index contributed by atoms with van der Waals surface area (Å²) < 4.78 is 10.4. The zero-order valence-corrected chi connectivity index (χ0v) is 18.0. The number of methoxy groups -OCH3 is 1. The number of benzene rings is 2. The van der Waals surface area contributed by atoms with Crippen molar-refractivity contribution in [1.29, 1.82) is 0 Å². The monoisotopic (exact) mass is 433 g/mol. The van der Waals surface area contributed by atoms with Crippen LogP contribution in [0.2, 0.25) is 0 Å². The summed E-state index contributed by atoms with van der Waals surface area (Å²) >= 11 is 1.69.